The van der Waals surface area contributed by atoms with Crippen molar-refractivity contribution in [3.8, 4) is 5.75 Å². The van der Waals surface area contributed by atoms with E-state index < -0.39 is 23.5 Å². The predicted molar refractivity (Wildman–Crippen MR) is 70.1 cm³/mol. The van der Waals surface area contributed by atoms with Crippen molar-refractivity contribution in [2.24, 2.45) is 0 Å². The zero-order valence-corrected chi connectivity index (χ0v) is 10.5. The number of fused-ring (bicyclic) bond motifs is 1. The Morgan fingerprint density at radius 3 is 2.81 bits per heavy atom. The normalized spacial score (nSPS) is 10.1. The molecule has 1 heterocycles. The number of ether oxygens (including phenoxy) is 1. The molecule has 0 fully saturated rings. The summed E-state index contributed by atoms with van der Waals surface area (Å²) < 4.78 is 4.91. The number of nitrogens with zero attached hydrogens (tertiary/aromatic N) is 2. The summed E-state index contributed by atoms with van der Waals surface area (Å²) in [6, 6.07) is 5.41. The molecule has 2 rings (SSSR count). The maximum absolute atomic E-state index is 11.4. The summed E-state index contributed by atoms with van der Waals surface area (Å²) in [5, 5.41) is 21.6. The minimum absolute atomic E-state index is 0.000844. The van der Waals surface area contributed by atoms with Crippen LogP contribution in [0.1, 0.15) is 0 Å². The van der Waals surface area contributed by atoms with Crippen molar-refractivity contribution in [2.45, 2.75) is 0 Å². The fourth-order valence-electron chi connectivity index (χ4n) is 1.66. The van der Waals surface area contributed by atoms with Crippen LogP contribution in [0.5, 0.6) is 5.75 Å². The number of rotatable bonds is 4. The van der Waals surface area contributed by atoms with Crippen molar-refractivity contribution in [2.75, 3.05) is 6.54 Å². The number of hydrogen-bond donors (Lipinski definition) is 2. The summed E-state index contributed by atoms with van der Waals surface area (Å²) in [6.45, 7) is -0.600. The van der Waals surface area contributed by atoms with Gasteiger partial charge in [-0.05, 0) is 18.2 Å². The Bertz CT molecular complexity index is 730. The Morgan fingerprint density at radius 2 is 2.14 bits per heavy atom. The zero-order chi connectivity index (χ0) is 15.4. The quantitative estimate of drug-likeness (QED) is 0.641. The predicted octanol–water partition coefficient (Wildman–Crippen LogP) is 1.32. The molecule has 9 heteroatoms. The van der Waals surface area contributed by atoms with Gasteiger partial charge in [-0.25, -0.2) is 4.79 Å². The van der Waals surface area contributed by atoms with Crippen molar-refractivity contribution in [3.63, 3.8) is 0 Å². The smallest absolute Gasteiger partial charge is 0.413 e. The van der Waals surface area contributed by atoms with Crippen LogP contribution in [0.15, 0.2) is 30.5 Å². The van der Waals surface area contributed by atoms with Crippen molar-refractivity contribution in [1.82, 2.24) is 10.3 Å². The summed E-state index contributed by atoms with van der Waals surface area (Å²) in [5.41, 5.74) is -0.0337. The Morgan fingerprint density at radius 1 is 1.38 bits per heavy atom. The van der Waals surface area contributed by atoms with Crippen LogP contribution in [0.3, 0.4) is 0 Å². The van der Waals surface area contributed by atoms with Crippen LogP contribution in [0.4, 0.5) is 10.5 Å². The molecule has 2 N–H and O–H groups in total. The average Bonchev–Trinajstić information content (AvgIpc) is 2.45. The highest BCUT2D eigenvalue weighted by Gasteiger charge is 2.17. The number of nitro groups is 1. The highest BCUT2D eigenvalue weighted by Crippen LogP contribution is 2.31. The number of non-ortho nitro benzene ring substituents is 1. The number of nitrogens with one attached hydrogen (secondary N) is 1. The maximum Gasteiger partial charge on any atom is 0.413 e. The van der Waals surface area contributed by atoms with Crippen LogP contribution in [0.2, 0.25) is 0 Å². The van der Waals surface area contributed by atoms with Crippen LogP contribution in [-0.2, 0) is 4.79 Å². The SMILES string of the molecule is O=C(O)CNC(=O)Oc1ccc([N+](=O)[O-])c2cccnc12. The fraction of sp³-hybridized carbons (Fsp3) is 0.0833. The molecular formula is C12H9N3O6. The first-order valence-electron chi connectivity index (χ1n) is 5.68. The molecule has 0 saturated carbocycles. The topological polar surface area (TPSA) is 132 Å². The van der Waals surface area contributed by atoms with Gasteiger partial charge in [-0.15, -0.1) is 0 Å². The molecular weight excluding hydrogens is 282 g/mol. The molecule has 2 aromatic rings. The third kappa shape index (κ3) is 3.21. The van der Waals surface area contributed by atoms with E-state index in [0.717, 1.165) is 0 Å². The molecule has 0 aliphatic rings. The van der Waals surface area contributed by atoms with Crippen molar-refractivity contribution < 1.29 is 24.4 Å². The van der Waals surface area contributed by atoms with E-state index in [4.69, 9.17) is 9.84 Å². The van der Waals surface area contributed by atoms with Gasteiger partial charge in [0.2, 0.25) is 0 Å². The van der Waals surface area contributed by atoms with Crippen LogP contribution in [0.25, 0.3) is 10.9 Å². The number of carbonyl (C=O) groups excluding carboxylic acids is 1. The van der Waals surface area contributed by atoms with Gasteiger partial charge in [-0.3, -0.25) is 19.9 Å². The number of carbonyl (C=O) groups is 2. The van der Waals surface area contributed by atoms with E-state index in [2.05, 4.69) is 4.98 Å². The van der Waals surface area contributed by atoms with Crippen LogP contribution < -0.4 is 10.1 Å². The summed E-state index contributed by atoms with van der Waals surface area (Å²) in [5.74, 6) is -1.22. The standard InChI is InChI=1S/C12H9N3O6/c16-10(17)6-14-12(18)21-9-4-3-8(15(19)20)7-2-1-5-13-11(7)9/h1-5H,6H2,(H,14,18)(H,16,17). The highest BCUT2D eigenvalue weighted by molar-refractivity contribution is 5.93. The lowest BCUT2D eigenvalue weighted by atomic mass is 10.1. The summed E-state index contributed by atoms with van der Waals surface area (Å²) in [7, 11) is 0. The van der Waals surface area contributed by atoms with Gasteiger partial charge in [-0.2, -0.15) is 0 Å². The second-order valence-corrected chi connectivity index (χ2v) is 3.88. The molecule has 0 aliphatic heterocycles. The van der Waals surface area contributed by atoms with Gasteiger partial charge in [0.25, 0.3) is 5.69 Å². The molecule has 0 bridgehead atoms. The number of carboxylic acid groups (broad SMARTS) is 1. The molecule has 0 atom stereocenters. The van der Waals surface area contributed by atoms with Crippen LogP contribution >= 0.6 is 0 Å². The molecule has 0 unspecified atom stereocenters. The molecule has 1 amide bonds. The van der Waals surface area contributed by atoms with Gasteiger partial charge >= 0.3 is 12.1 Å². The van der Waals surface area contributed by atoms with Crippen LogP contribution in [0, 0.1) is 10.1 Å². The third-order valence-corrected chi connectivity index (χ3v) is 2.49. The lowest BCUT2D eigenvalue weighted by molar-refractivity contribution is -0.383. The Labute approximate surface area is 117 Å². The Hall–Kier alpha value is -3.23. The monoisotopic (exact) mass is 291 g/mol. The lowest BCUT2D eigenvalue weighted by Crippen LogP contribution is -2.31. The lowest BCUT2D eigenvalue weighted by Gasteiger charge is -2.07. The minimum Gasteiger partial charge on any atom is -0.480 e. The van der Waals surface area contributed by atoms with Crippen molar-refractivity contribution >= 4 is 28.7 Å². The average molecular weight is 291 g/mol. The van der Waals surface area contributed by atoms with Crippen molar-refractivity contribution in [1.29, 1.82) is 0 Å². The number of benzene rings is 1. The molecule has 9 nitrogen and oxygen atoms in total. The van der Waals surface area contributed by atoms with Crippen LogP contribution in [-0.4, -0.2) is 33.6 Å². The maximum atomic E-state index is 11.4. The first kappa shape index (κ1) is 14.2. The molecule has 21 heavy (non-hydrogen) atoms. The van der Waals surface area contributed by atoms with E-state index in [1.54, 1.807) is 0 Å². The van der Waals surface area contributed by atoms with E-state index in [-0.39, 0.29) is 22.3 Å². The van der Waals surface area contributed by atoms with Crippen molar-refractivity contribution in [3.05, 3.63) is 40.6 Å². The molecule has 0 radical (unpaired) electrons. The highest BCUT2D eigenvalue weighted by atomic mass is 16.6. The summed E-state index contributed by atoms with van der Waals surface area (Å²) >= 11 is 0. The van der Waals surface area contributed by atoms with E-state index in [0.29, 0.717) is 0 Å². The first-order valence-corrected chi connectivity index (χ1v) is 5.68. The first-order chi connectivity index (χ1) is 9.99. The molecule has 1 aromatic carbocycles. The molecule has 0 saturated heterocycles. The number of pyridine rings is 1. The van der Waals surface area contributed by atoms with Gasteiger partial charge in [0.15, 0.2) is 5.75 Å². The number of nitro benzene ring substituents is 1. The Kier molecular flexibility index (Phi) is 3.93. The molecule has 0 spiro atoms. The van der Waals surface area contributed by atoms with E-state index in [9.17, 15) is 19.7 Å². The van der Waals surface area contributed by atoms with Gasteiger partial charge in [-0.1, -0.05) is 0 Å². The number of aromatic nitrogens is 1. The third-order valence-electron chi connectivity index (χ3n) is 2.49. The molecule has 108 valence electrons. The number of amides is 1. The largest absolute Gasteiger partial charge is 0.480 e. The summed E-state index contributed by atoms with van der Waals surface area (Å²) in [6.07, 6.45) is 0.409. The van der Waals surface area contributed by atoms with Gasteiger partial charge in [0, 0.05) is 12.3 Å². The molecule has 0 aliphatic carbocycles. The van der Waals surface area contributed by atoms with E-state index in [1.165, 1.54) is 30.5 Å². The van der Waals surface area contributed by atoms with Gasteiger partial charge in [0.1, 0.15) is 12.1 Å². The van der Waals surface area contributed by atoms with Gasteiger partial charge in [0.05, 0.1) is 10.3 Å². The summed E-state index contributed by atoms with van der Waals surface area (Å²) in [4.78, 5) is 36.0. The number of hydrogen-bond acceptors (Lipinski definition) is 6. The van der Waals surface area contributed by atoms with E-state index in [1.807, 2.05) is 5.32 Å². The second kappa shape index (κ2) is 5.82. The second-order valence-electron chi connectivity index (χ2n) is 3.88. The number of aliphatic carboxylic acids is 1. The Balaban J connectivity index is 2.33. The zero-order valence-electron chi connectivity index (χ0n) is 10.5. The number of carboxylic acids is 1. The van der Waals surface area contributed by atoms with Gasteiger partial charge < -0.3 is 15.2 Å². The molecule has 1 aromatic heterocycles. The fourth-order valence-corrected chi connectivity index (χ4v) is 1.66. The van der Waals surface area contributed by atoms with E-state index >= 15 is 0 Å². The minimum atomic E-state index is -1.22.